The molecule has 1 aliphatic heterocycles. The van der Waals surface area contributed by atoms with Gasteiger partial charge in [-0.25, -0.2) is 0 Å². The van der Waals surface area contributed by atoms with Crippen molar-refractivity contribution in [2.45, 2.75) is 25.8 Å². The van der Waals surface area contributed by atoms with Gasteiger partial charge in [-0.15, -0.1) is 0 Å². The van der Waals surface area contributed by atoms with Crippen LogP contribution in [-0.2, 0) is 13.0 Å². The van der Waals surface area contributed by atoms with E-state index < -0.39 is 0 Å². The molecule has 0 unspecified atom stereocenters. The summed E-state index contributed by atoms with van der Waals surface area (Å²) in [6.45, 7) is 2.83. The van der Waals surface area contributed by atoms with E-state index in [0.717, 1.165) is 25.4 Å². The van der Waals surface area contributed by atoms with E-state index in [9.17, 15) is 4.79 Å². The van der Waals surface area contributed by atoms with Crippen molar-refractivity contribution in [2.75, 3.05) is 13.1 Å². The average Bonchev–Trinajstić information content (AvgIpc) is 2.67. The van der Waals surface area contributed by atoms with Gasteiger partial charge in [-0.3, -0.25) is 4.79 Å². The SMILES string of the molecule is O=c1c(C[NH+]2CCC(Cc3ccccc3)CC2)coc2c(Cl)cc(Cl)cc12. The van der Waals surface area contributed by atoms with E-state index in [-0.39, 0.29) is 5.43 Å². The smallest absolute Gasteiger partial charge is 0.201 e. The Hall–Kier alpha value is -1.81. The molecule has 0 radical (unpaired) electrons. The molecule has 5 heteroatoms. The molecule has 1 N–H and O–H groups in total. The fourth-order valence-electron chi connectivity index (χ4n) is 4.01. The first-order valence-corrected chi connectivity index (χ1v) is 10.1. The van der Waals surface area contributed by atoms with Crippen molar-refractivity contribution in [3.63, 3.8) is 0 Å². The number of piperidine rings is 1. The second-order valence-corrected chi connectivity index (χ2v) is 8.26. The molecule has 27 heavy (non-hydrogen) atoms. The highest BCUT2D eigenvalue weighted by molar-refractivity contribution is 6.38. The van der Waals surface area contributed by atoms with Crippen LogP contribution < -0.4 is 10.3 Å². The minimum absolute atomic E-state index is 0.0282. The van der Waals surface area contributed by atoms with Gasteiger partial charge in [0, 0.05) is 5.02 Å². The Morgan fingerprint density at radius 3 is 2.56 bits per heavy atom. The van der Waals surface area contributed by atoms with Crippen LogP contribution in [-0.4, -0.2) is 13.1 Å². The maximum Gasteiger partial charge on any atom is 0.201 e. The van der Waals surface area contributed by atoms with Crippen molar-refractivity contribution >= 4 is 34.2 Å². The highest BCUT2D eigenvalue weighted by Crippen LogP contribution is 2.26. The van der Waals surface area contributed by atoms with Gasteiger partial charge in [-0.1, -0.05) is 53.5 Å². The van der Waals surface area contributed by atoms with Crippen LogP contribution in [0.3, 0.4) is 0 Å². The molecule has 1 fully saturated rings. The number of hydrogen-bond acceptors (Lipinski definition) is 2. The maximum absolute atomic E-state index is 12.8. The topological polar surface area (TPSA) is 34.7 Å². The molecule has 1 aliphatic rings. The maximum atomic E-state index is 12.8. The standard InChI is InChI=1S/C22H21Cl2NO2/c23-18-11-19-21(26)17(14-27-22(19)20(24)12-18)13-25-8-6-16(7-9-25)10-15-4-2-1-3-5-15/h1-5,11-12,14,16H,6-10,13H2/p+1. The lowest BCUT2D eigenvalue weighted by atomic mass is 9.90. The summed E-state index contributed by atoms with van der Waals surface area (Å²) in [6.07, 6.45) is 5.07. The molecule has 2 heterocycles. The predicted octanol–water partition coefficient (Wildman–Crippen LogP) is 4.14. The summed E-state index contributed by atoms with van der Waals surface area (Å²) in [5.74, 6) is 0.724. The molecule has 3 nitrogen and oxygen atoms in total. The van der Waals surface area contributed by atoms with Crippen molar-refractivity contribution in [2.24, 2.45) is 5.92 Å². The number of likely N-dealkylation sites (tertiary alicyclic amines) is 1. The number of halogens is 2. The van der Waals surface area contributed by atoms with E-state index in [4.69, 9.17) is 27.6 Å². The van der Waals surface area contributed by atoms with E-state index in [1.807, 2.05) is 0 Å². The minimum atomic E-state index is -0.0282. The molecule has 2 aromatic carbocycles. The number of fused-ring (bicyclic) bond motifs is 1. The molecular formula is C22H22Cl2NO2+. The molecule has 0 amide bonds. The number of benzene rings is 2. The van der Waals surface area contributed by atoms with Gasteiger partial charge in [0.15, 0.2) is 5.58 Å². The Morgan fingerprint density at radius 1 is 1.07 bits per heavy atom. The Bertz CT molecular complexity index is 992. The summed E-state index contributed by atoms with van der Waals surface area (Å²) in [4.78, 5) is 14.3. The van der Waals surface area contributed by atoms with E-state index in [0.29, 0.717) is 33.1 Å². The normalized spacial score (nSPS) is 20.1. The monoisotopic (exact) mass is 402 g/mol. The van der Waals surface area contributed by atoms with Crippen LogP contribution in [0, 0.1) is 5.92 Å². The molecule has 140 valence electrons. The van der Waals surface area contributed by atoms with Crippen LogP contribution >= 0.6 is 23.2 Å². The van der Waals surface area contributed by atoms with Crippen LogP contribution in [0.1, 0.15) is 24.0 Å². The van der Waals surface area contributed by atoms with Crippen LogP contribution in [0.4, 0.5) is 0 Å². The fraction of sp³-hybridized carbons (Fsp3) is 0.318. The number of rotatable bonds is 4. The van der Waals surface area contributed by atoms with E-state index >= 15 is 0 Å². The van der Waals surface area contributed by atoms with Gasteiger partial charge >= 0.3 is 0 Å². The number of quaternary nitrogens is 1. The largest absolute Gasteiger partial charge is 0.462 e. The summed E-state index contributed by atoms with van der Waals surface area (Å²) >= 11 is 12.2. The van der Waals surface area contributed by atoms with Crippen molar-refractivity contribution in [1.82, 2.24) is 0 Å². The zero-order chi connectivity index (χ0) is 18.8. The lowest BCUT2D eigenvalue weighted by Crippen LogP contribution is -3.12. The van der Waals surface area contributed by atoms with Gasteiger partial charge < -0.3 is 9.32 Å². The second-order valence-electron chi connectivity index (χ2n) is 7.41. The predicted molar refractivity (Wildman–Crippen MR) is 110 cm³/mol. The number of nitrogens with one attached hydrogen (secondary N) is 1. The van der Waals surface area contributed by atoms with Gasteiger partial charge in [0.2, 0.25) is 5.43 Å². The van der Waals surface area contributed by atoms with Gasteiger partial charge in [0.25, 0.3) is 0 Å². The first-order chi connectivity index (χ1) is 13.1. The van der Waals surface area contributed by atoms with E-state index in [2.05, 4.69) is 30.3 Å². The molecule has 0 spiro atoms. The van der Waals surface area contributed by atoms with Gasteiger partial charge in [0.05, 0.1) is 29.1 Å². The fourth-order valence-corrected chi connectivity index (χ4v) is 4.55. The van der Waals surface area contributed by atoms with Crippen molar-refractivity contribution in [3.8, 4) is 0 Å². The quantitative estimate of drug-likeness (QED) is 0.711. The van der Waals surface area contributed by atoms with Crippen molar-refractivity contribution < 1.29 is 9.32 Å². The second kappa shape index (κ2) is 8.05. The Morgan fingerprint density at radius 2 is 1.81 bits per heavy atom. The lowest BCUT2D eigenvalue weighted by molar-refractivity contribution is -0.919. The third kappa shape index (κ3) is 4.21. The zero-order valence-electron chi connectivity index (χ0n) is 15.0. The minimum Gasteiger partial charge on any atom is -0.462 e. The van der Waals surface area contributed by atoms with E-state index in [1.54, 1.807) is 18.4 Å². The highest BCUT2D eigenvalue weighted by Gasteiger charge is 2.24. The van der Waals surface area contributed by atoms with Gasteiger partial charge in [-0.05, 0) is 42.9 Å². The van der Waals surface area contributed by atoms with Crippen molar-refractivity contribution in [3.05, 3.63) is 80.1 Å². The van der Waals surface area contributed by atoms with Gasteiger partial charge in [-0.2, -0.15) is 0 Å². The molecule has 0 aliphatic carbocycles. The molecule has 0 saturated carbocycles. The van der Waals surface area contributed by atoms with Crippen molar-refractivity contribution in [1.29, 1.82) is 0 Å². The molecule has 4 rings (SSSR count). The molecule has 0 atom stereocenters. The Kier molecular flexibility index (Phi) is 5.53. The summed E-state index contributed by atoms with van der Waals surface area (Å²) in [5.41, 5.74) is 2.48. The summed E-state index contributed by atoms with van der Waals surface area (Å²) in [7, 11) is 0. The summed E-state index contributed by atoms with van der Waals surface area (Å²) in [6, 6.07) is 13.9. The average molecular weight is 403 g/mol. The molecule has 1 aromatic heterocycles. The molecular weight excluding hydrogens is 381 g/mol. The van der Waals surface area contributed by atoms with Crippen LogP contribution in [0.15, 0.2) is 57.9 Å². The first-order valence-electron chi connectivity index (χ1n) is 9.37. The highest BCUT2D eigenvalue weighted by atomic mass is 35.5. The zero-order valence-corrected chi connectivity index (χ0v) is 16.5. The molecule has 3 aromatic rings. The third-order valence-electron chi connectivity index (χ3n) is 5.48. The van der Waals surface area contributed by atoms with Crippen LogP contribution in [0.5, 0.6) is 0 Å². The lowest BCUT2D eigenvalue weighted by Gasteiger charge is -2.29. The molecule has 0 bridgehead atoms. The van der Waals surface area contributed by atoms with Crippen LogP contribution in [0.25, 0.3) is 11.0 Å². The summed E-state index contributed by atoms with van der Waals surface area (Å²) < 4.78 is 5.65. The van der Waals surface area contributed by atoms with Gasteiger partial charge in [0.1, 0.15) is 12.8 Å². The Labute approximate surface area is 168 Å². The van der Waals surface area contributed by atoms with E-state index in [1.165, 1.54) is 23.3 Å². The molecule has 1 saturated heterocycles. The summed E-state index contributed by atoms with van der Waals surface area (Å²) in [5, 5.41) is 1.28. The van der Waals surface area contributed by atoms with Crippen LogP contribution in [0.2, 0.25) is 10.0 Å². The third-order valence-corrected chi connectivity index (χ3v) is 5.98. The number of hydrogen-bond donors (Lipinski definition) is 1. The first kappa shape index (κ1) is 18.5. The Balaban J connectivity index is 1.43.